The van der Waals surface area contributed by atoms with Crippen molar-refractivity contribution in [3.63, 3.8) is 0 Å². The minimum absolute atomic E-state index is 0.776. The van der Waals surface area contributed by atoms with Gasteiger partial charge in [0.25, 0.3) is 0 Å². The van der Waals surface area contributed by atoms with Crippen molar-refractivity contribution in [2.45, 2.75) is 25.8 Å². The lowest BCUT2D eigenvalue weighted by molar-refractivity contribution is 0.191. The molecule has 1 aliphatic heterocycles. The van der Waals surface area contributed by atoms with Gasteiger partial charge < -0.3 is 4.90 Å². The molecule has 0 aliphatic carbocycles. The molecule has 1 saturated heterocycles. The predicted molar refractivity (Wildman–Crippen MR) is 66.1 cm³/mol. The van der Waals surface area contributed by atoms with Gasteiger partial charge in [0.1, 0.15) is 0 Å². The van der Waals surface area contributed by atoms with E-state index >= 15 is 0 Å². The van der Waals surface area contributed by atoms with Gasteiger partial charge in [0.15, 0.2) is 0 Å². The minimum Gasteiger partial charge on any atom is -0.308 e. The highest BCUT2D eigenvalue weighted by Gasteiger charge is 2.25. The molecule has 0 bridgehead atoms. The molecule has 0 saturated carbocycles. The monoisotopic (exact) mass is 262 g/mol. The summed E-state index contributed by atoms with van der Waals surface area (Å²) in [6.07, 6.45) is 2.76. The molecule has 14 heavy (non-hydrogen) atoms. The van der Waals surface area contributed by atoms with Crippen molar-refractivity contribution in [3.8, 4) is 0 Å². The fourth-order valence-corrected chi connectivity index (χ4v) is 2.42. The van der Waals surface area contributed by atoms with Crippen LogP contribution < -0.4 is 0 Å². The van der Waals surface area contributed by atoms with Crippen LogP contribution in [-0.2, 0) is 0 Å². The molecule has 0 aromatic carbocycles. The Kier molecular flexibility index (Phi) is 5.42. The van der Waals surface area contributed by atoms with E-state index < -0.39 is 0 Å². The fraction of sp³-hybridized carbons (Fsp3) is 1.00. The molecular weight excluding hydrogens is 240 g/mol. The van der Waals surface area contributed by atoms with Gasteiger partial charge in [0.05, 0.1) is 0 Å². The van der Waals surface area contributed by atoms with Crippen molar-refractivity contribution < 1.29 is 0 Å². The first-order valence-corrected chi connectivity index (χ1v) is 6.70. The lowest BCUT2D eigenvalue weighted by Crippen LogP contribution is -2.39. The first kappa shape index (κ1) is 12.5. The average molecular weight is 263 g/mol. The molecule has 1 aliphatic rings. The van der Waals surface area contributed by atoms with E-state index in [9.17, 15) is 0 Å². The number of alkyl halides is 1. The van der Waals surface area contributed by atoms with Crippen molar-refractivity contribution in [1.29, 1.82) is 0 Å². The lowest BCUT2D eigenvalue weighted by Gasteiger charge is -2.28. The van der Waals surface area contributed by atoms with Gasteiger partial charge in [0.2, 0.25) is 0 Å². The molecule has 0 amide bonds. The number of rotatable bonds is 5. The van der Waals surface area contributed by atoms with E-state index in [1.807, 2.05) is 0 Å². The number of likely N-dealkylation sites (tertiary alicyclic amines) is 1. The van der Waals surface area contributed by atoms with E-state index in [2.05, 4.69) is 46.7 Å². The van der Waals surface area contributed by atoms with E-state index in [4.69, 9.17) is 0 Å². The van der Waals surface area contributed by atoms with Gasteiger partial charge in [-0.1, -0.05) is 22.9 Å². The highest BCUT2D eigenvalue weighted by Crippen LogP contribution is 2.19. The van der Waals surface area contributed by atoms with Crippen LogP contribution in [0.25, 0.3) is 0 Å². The normalized spacial score (nSPS) is 25.9. The molecular formula is C11H23BrN2. The second-order valence-corrected chi connectivity index (χ2v) is 5.46. The van der Waals surface area contributed by atoms with Crippen molar-refractivity contribution in [2.75, 3.05) is 39.1 Å². The van der Waals surface area contributed by atoms with E-state index in [1.165, 1.54) is 32.5 Å². The number of likely N-dealkylation sites (N-methyl/N-ethyl adjacent to an activating group) is 1. The summed E-state index contributed by atoms with van der Waals surface area (Å²) in [7, 11) is 4.34. The number of hydrogen-bond donors (Lipinski definition) is 0. The second kappa shape index (κ2) is 6.09. The van der Waals surface area contributed by atoms with Gasteiger partial charge in [-0.25, -0.2) is 0 Å². The maximum Gasteiger partial charge on any atom is 0.0223 e. The van der Waals surface area contributed by atoms with Gasteiger partial charge in [-0.3, -0.25) is 4.90 Å². The van der Waals surface area contributed by atoms with Gasteiger partial charge in [-0.2, -0.15) is 0 Å². The third kappa shape index (κ3) is 3.87. The molecule has 0 radical (unpaired) electrons. The summed E-state index contributed by atoms with van der Waals surface area (Å²) < 4.78 is 0. The Morgan fingerprint density at radius 1 is 1.50 bits per heavy atom. The van der Waals surface area contributed by atoms with Crippen LogP contribution in [0.5, 0.6) is 0 Å². The zero-order valence-electron chi connectivity index (χ0n) is 9.67. The van der Waals surface area contributed by atoms with Crippen LogP contribution >= 0.6 is 15.9 Å². The van der Waals surface area contributed by atoms with Crippen molar-refractivity contribution in [3.05, 3.63) is 0 Å². The first-order chi connectivity index (χ1) is 6.63. The average Bonchev–Trinajstić information content (AvgIpc) is 2.52. The predicted octanol–water partition coefficient (Wildman–Crippen LogP) is 2.04. The van der Waals surface area contributed by atoms with Crippen molar-refractivity contribution in [2.24, 2.45) is 5.92 Å². The maximum atomic E-state index is 3.56. The third-order valence-corrected chi connectivity index (χ3v) is 3.99. The minimum atomic E-state index is 0.776. The Morgan fingerprint density at radius 2 is 2.21 bits per heavy atom. The molecule has 1 fully saturated rings. The summed E-state index contributed by atoms with van der Waals surface area (Å²) in [5.41, 5.74) is 0. The van der Waals surface area contributed by atoms with E-state index in [-0.39, 0.29) is 0 Å². The largest absolute Gasteiger partial charge is 0.308 e. The van der Waals surface area contributed by atoms with Crippen LogP contribution in [0.1, 0.15) is 19.8 Å². The van der Waals surface area contributed by atoms with Crippen LogP contribution in [0.3, 0.4) is 0 Å². The van der Waals surface area contributed by atoms with Crippen molar-refractivity contribution >= 4 is 15.9 Å². The van der Waals surface area contributed by atoms with Crippen LogP contribution in [0.4, 0.5) is 0 Å². The first-order valence-electron chi connectivity index (χ1n) is 5.58. The smallest absolute Gasteiger partial charge is 0.0223 e. The Labute approximate surface area is 96.8 Å². The van der Waals surface area contributed by atoms with Crippen molar-refractivity contribution in [1.82, 2.24) is 9.80 Å². The van der Waals surface area contributed by atoms with Crippen LogP contribution in [0.15, 0.2) is 0 Å². The molecule has 0 spiro atoms. The molecule has 0 aromatic rings. The quantitative estimate of drug-likeness (QED) is 0.700. The molecule has 84 valence electrons. The van der Waals surface area contributed by atoms with E-state index in [0.717, 1.165) is 17.3 Å². The lowest BCUT2D eigenvalue weighted by atomic mass is 10.1. The summed E-state index contributed by atoms with van der Waals surface area (Å²) in [5.74, 6) is 0.776. The van der Waals surface area contributed by atoms with Gasteiger partial charge in [0, 0.05) is 24.5 Å². The maximum absolute atomic E-state index is 3.56. The standard InChI is InChI=1S/C11H23BrN2/c1-10(7-12)8-14-6-4-5-11(14)9-13(2)3/h10-11H,4-9H2,1-3H3. The van der Waals surface area contributed by atoms with Crippen LogP contribution in [0, 0.1) is 5.92 Å². The Balaban J connectivity index is 2.35. The molecule has 2 nitrogen and oxygen atoms in total. The topological polar surface area (TPSA) is 6.48 Å². The molecule has 0 N–H and O–H groups in total. The zero-order valence-corrected chi connectivity index (χ0v) is 11.3. The van der Waals surface area contributed by atoms with Gasteiger partial charge in [-0.05, 0) is 39.4 Å². The highest BCUT2D eigenvalue weighted by molar-refractivity contribution is 9.09. The molecule has 1 rings (SSSR count). The Morgan fingerprint density at radius 3 is 2.79 bits per heavy atom. The third-order valence-electron chi connectivity index (χ3n) is 2.88. The summed E-state index contributed by atoms with van der Waals surface area (Å²) >= 11 is 3.56. The Bertz CT molecular complexity index is 161. The van der Waals surface area contributed by atoms with Gasteiger partial charge >= 0.3 is 0 Å². The molecule has 2 unspecified atom stereocenters. The van der Waals surface area contributed by atoms with Crippen LogP contribution in [0.2, 0.25) is 0 Å². The number of nitrogens with zero attached hydrogens (tertiary/aromatic N) is 2. The fourth-order valence-electron chi connectivity index (χ4n) is 2.21. The molecule has 0 aromatic heterocycles. The summed E-state index contributed by atoms with van der Waals surface area (Å²) in [4.78, 5) is 4.97. The summed E-state index contributed by atoms with van der Waals surface area (Å²) in [6.45, 7) is 6.09. The molecule has 1 heterocycles. The van der Waals surface area contributed by atoms with Crippen LogP contribution in [-0.4, -0.2) is 54.9 Å². The summed E-state index contributed by atoms with van der Waals surface area (Å²) in [5, 5.41) is 1.12. The van der Waals surface area contributed by atoms with E-state index in [1.54, 1.807) is 0 Å². The van der Waals surface area contributed by atoms with Gasteiger partial charge in [-0.15, -0.1) is 0 Å². The summed E-state index contributed by atoms with van der Waals surface area (Å²) in [6, 6.07) is 0.798. The molecule has 3 heteroatoms. The number of hydrogen-bond acceptors (Lipinski definition) is 2. The zero-order chi connectivity index (χ0) is 10.6. The second-order valence-electron chi connectivity index (χ2n) is 4.81. The number of halogens is 1. The molecule has 2 atom stereocenters. The van der Waals surface area contributed by atoms with E-state index in [0.29, 0.717) is 0 Å². The highest BCUT2D eigenvalue weighted by atomic mass is 79.9. The Hall–Kier alpha value is 0.400. The SMILES string of the molecule is CC(CBr)CN1CCCC1CN(C)C.